The van der Waals surface area contributed by atoms with Crippen molar-refractivity contribution in [1.82, 2.24) is 30.2 Å². The predicted octanol–water partition coefficient (Wildman–Crippen LogP) is 2.13. The van der Waals surface area contributed by atoms with Crippen LogP contribution < -0.4 is 15.8 Å². The maximum atomic E-state index is 13.2. The third-order valence-electron chi connectivity index (χ3n) is 5.69. The molecule has 31 heavy (non-hydrogen) atoms. The van der Waals surface area contributed by atoms with Crippen molar-refractivity contribution in [3.63, 3.8) is 0 Å². The van der Waals surface area contributed by atoms with Gasteiger partial charge in [-0.25, -0.2) is 15.0 Å². The number of pyridine rings is 1. The van der Waals surface area contributed by atoms with E-state index in [0.29, 0.717) is 42.0 Å². The number of aromatic nitrogens is 4. The van der Waals surface area contributed by atoms with Gasteiger partial charge in [0, 0.05) is 44.5 Å². The average molecular weight is 433 g/mol. The smallest absolute Gasteiger partial charge is 0.371 e. The number of hydrogen-bond acceptors (Lipinski definition) is 7. The number of hydrogen-bond donors (Lipinski definition) is 2. The molecule has 0 aliphatic carbocycles. The Balaban J connectivity index is 1.46. The summed E-state index contributed by atoms with van der Waals surface area (Å²) in [6.07, 6.45) is -0.192. The molecule has 11 heteroatoms. The van der Waals surface area contributed by atoms with Crippen LogP contribution in [0.3, 0.4) is 0 Å². The van der Waals surface area contributed by atoms with Crippen LogP contribution in [0.15, 0.2) is 36.8 Å². The van der Waals surface area contributed by atoms with Gasteiger partial charge in [-0.05, 0) is 25.1 Å². The summed E-state index contributed by atoms with van der Waals surface area (Å²) in [5, 5.41) is 0. The Labute approximate surface area is 176 Å². The van der Waals surface area contributed by atoms with Crippen LogP contribution in [0, 0.1) is 5.92 Å². The fourth-order valence-corrected chi connectivity index (χ4v) is 4.13. The minimum atomic E-state index is -4.44. The fraction of sp³-hybridized carbons (Fsp3) is 0.450. The Morgan fingerprint density at radius 2 is 1.90 bits per heavy atom. The Morgan fingerprint density at radius 1 is 1.10 bits per heavy atom. The second-order valence-electron chi connectivity index (χ2n) is 7.94. The zero-order valence-electron chi connectivity index (χ0n) is 16.8. The summed E-state index contributed by atoms with van der Waals surface area (Å²) in [5.74, 6) is 0.867. The summed E-state index contributed by atoms with van der Waals surface area (Å²) in [7, 11) is 0. The third kappa shape index (κ3) is 3.95. The number of imidazole rings is 1. The van der Waals surface area contributed by atoms with E-state index in [2.05, 4.69) is 30.7 Å². The molecular formula is C20H22F3N7O. The predicted molar refractivity (Wildman–Crippen MR) is 107 cm³/mol. The number of hydrazine groups is 1. The molecule has 2 saturated heterocycles. The maximum absolute atomic E-state index is 13.2. The summed E-state index contributed by atoms with van der Waals surface area (Å²) in [6.45, 7) is 4.96. The number of fused-ring (bicyclic) bond motifs is 1. The highest BCUT2D eigenvalue weighted by molar-refractivity contribution is 5.61. The van der Waals surface area contributed by atoms with Gasteiger partial charge in [-0.2, -0.15) is 13.2 Å². The van der Waals surface area contributed by atoms with E-state index in [0.717, 1.165) is 25.4 Å². The molecule has 0 bridgehead atoms. The molecule has 2 atom stereocenters. The van der Waals surface area contributed by atoms with Crippen molar-refractivity contribution in [2.75, 3.05) is 31.1 Å². The minimum Gasteiger partial charge on any atom is -0.371 e. The lowest BCUT2D eigenvalue weighted by Gasteiger charge is -2.39. The highest BCUT2D eigenvalue weighted by atomic mass is 19.4. The van der Waals surface area contributed by atoms with Gasteiger partial charge in [-0.3, -0.25) is 15.3 Å². The number of alkyl halides is 3. The first kappa shape index (κ1) is 20.2. The molecule has 0 saturated carbocycles. The van der Waals surface area contributed by atoms with E-state index in [-0.39, 0.29) is 12.2 Å². The number of morpholine rings is 1. The number of rotatable bonds is 3. The molecule has 3 aromatic rings. The molecule has 2 N–H and O–H groups in total. The zero-order valence-corrected chi connectivity index (χ0v) is 16.8. The molecule has 164 valence electrons. The summed E-state index contributed by atoms with van der Waals surface area (Å²) in [6, 6.07) is 4.06. The van der Waals surface area contributed by atoms with Crippen LogP contribution in [0.4, 0.5) is 19.1 Å². The topological polar surface area (TPSA) is 79.6 Å². The van der Waals surface area contributed by atoms with Crippen LogP contribution in [-0.4, -0.2) is 57.7 Å². The zero-order chi connectivity index (χ0) is 21.6. The van der Waals surface area contributed by atoms with E-state index in [1.807, 2.05) is 6.92 Å². The van der Waals surface area contributed by atoms with Gasteiger partial charge in [0.15, 0.2) is 0 Å². The molecule has 0 aromatic carbocycles. The molecule has 5 heterocycles. The number of anilines is 1. The van der Waals surface area contributed by atoms with Crippen LogP contribution in [0.2, 0.25) is 0 Å². The van der Waals surface area contributed by atoms with Gasteiger partial charge in [0.1, 0.15) is 5.65 Å². The Hall–Kier alpha value is -2.76. The second kappa shape index (κ2) is 7.74. The molecular weight excluding hydrogens is 411 g/mol. The first-order valence-electron chi connectivity index (χ1n) is 10.1. The molecule has 2 fully saturated rings. The molecule has 0 unspecified atom stereocenters. The second-order valence-corrected chi connectivity index (χ2v) is 7.94. The Morgan fingerprint density at radius 3 is 2.68 bits per heavy atom. The third-order valence-corrected chi connectivity index (χ3v) is 5.69. The maximum Gasteiger partial charge on any atom is 0.417 e. The van der Waals surface area contributed by atoms with Crippen LogP contribution in [0.5, 0.6) is 0 Å². The first-order chi connectivity index (χ1) is 14.9. The highest BCUT2D eigenvalue weighted by Gasteiger charge is 2.34. The van der Waals surface area contributed by atoms with Crippen molar-refractivity contribution in [2.45, 2.75) is 25.3 Å². The average Bonchev–Trinajstić information content (AvgIpc) is 3.42. The van der Waals surface area contributed by atoms with Gasteiger partial charge < -0.3 is 9.64 Å². The molecule has 2 aliphatic heterocycles. The number of nitrogens with one attached hydrogen (secondary N) is 2. The quantitative estimate of drug-likeness (QED) is 0.655. The van der Waals surface area contributed by atoms with Crippen molar-refractivity contribution >= 4 is 11.6 Å². The molecule has 0 amide bonds. The van der Waals surface area contributed by atoms with Gasteiger partial charge in [-0.15, -0.1) is 0 Å². The van der Waals surface area contributed by atoms with Gasteiger partial charge in [-0.1, -0.05) is 0 Å². The van der Waals surface area contributed by atoms with E-state index in [1.54, 1.807) is 12.3 Å². The van der Waals surface area contributed by atoms with Gasteiger partial charge in [0.2, 0.25) is 5.95 Å². The summed E-state index contributed by atoms with van der Waals surface area (Å²) in [4.78, 5) is 15.4. The monoisotopic (exact) mass is 433 g/mol. The number of halogens is 3. The van der Waals surface area contributed by atoms with Crippen LogP contribution in [0.25, 0.3) is 17.0 Å². The van der Waals surface area contributed by atoms with E-state index >= 15 is 0 Å². The van der Waals surface area contributed by atoms with Crippen molar-refractivity contribution in [1.29, 1.82) is 0 Å². The normalized spacial score (nSPS) is 23.0. The Kier molecular flexibility index (Phi) is 5.03. The fourth-order valence-electron chi connectivity index (χ4n) is 4.13. The van der Waals surface area contributed by atoms with Gasteiger partial charge in [0.05, 0.1) is 35.4 Å². The van der Waals surface area contributed by atoms with Crippen molar-refractivity contribution in [3.05, 3.63) is 42.4 Å². The SMILES string of the molecule is C[C@H]1CN(c2nccc(-c3cnc4ccc(C(F)(F)F)cn34)n2)C[C@H](C2CNNC2)O1. The Bertz CT molecular complexity index is 1080. The van der Waals surface area contributed by atoms with Crippen molar-refractivity contribution < 1.29 is 17.9 Å². The van der Waals surface area contributed by atoms with Gasteiger partial charge >= 0.3 is 6.18 Å². The molecule has 5 rings (SSSR count). The van der Waals surface area contributed by atoms with Crippen LogP contribution in [0.1, 0.15) is 12.5 Å². The standard InChI is InChI=1S/C20H22F3N7O/c1-12-9-29(11-17(31-12)13-6-26-27-7-13)19-24-5-4-15(28-19)16-8-25-18-3-2-14(10-30(16)18)20(21,22)23/h2-5,8,10,12-13,17,26-27H,6-7,9,11H2,1H3/t12-,17+/m0/s1. The minimum absolute atomic E-state index is 0.0109. The van der Waals surface area contributed by atoms with E-state index in [4.69, 9.17) is 4.74 Å². The molecule has 3 aromatic heterocycles. The van der Waals surface area contributed by atoms with E-state index < -0.39 is 11.7 Å². The summed E-state index contributed by atoms with van der Waals surface area (Å²) < 4.78 is 47.1. The first-order valence-corrected chi connectivity index (χ1v) is 10.1. The largest absolute Gasteiger partial charge is 0.417 e. The number of ether oxygens (including phenoxy) is 1. The lowest BCUT2D eigenvalue weighted by Crippen LogP contribution is -2.51. The summed E-state index contributed by atoms with van der Waals surface area (Å²) in [5.41, 5.74) is 6.93. The van der Waals surface area contributed by atoms with E-state index in [1.165, 1.54) is 16.7 Å². The summed E-state index contributed by atoms with van der Waals surface area (Å²) >= 11 is 0. The van der Waals surface area contributed by atoms with Crippen LogP contribution in [-0.2, 0) is 10.9 Å². The van der Waals surface area contributed by atoms with Crippen molar-refractivity contribution in [3.8, 4) is 11.4 Å². The lowest BCUT2D eigenvalue weighted by molar-refractivity contribution is -0.137. The van der Waals surface area contributed by atoms with Gasteiger partial charge in [0.25, 0.3) is 0 Å². The highest BCUT2D eigenvalue weighted by Crippen LogP contribution is 2.31. The molecule has 0 radical (unpaired) electrons. The van der Waals surface area contributed by atoms with E-state index in [9.17, 15) is 13.2 Å². The molecule has 0 spiro atoms. The van der Waals surface area contributed by atoms with Crippen molar-refractivity contribution in [2.24, 2.45) is 5.92 Å². The van der Waals surface area contributed by atoms with Crippen LogP contribution >= 0.6 is 0 Å². The lowest BCUT2D eigenvalue weighted by atomic mass is 10.0. The molecule has 8 nitrogen and oxygen atoms in total. The molecule has 2 aliphatic rings. The number of nitrogens with zero attached hydrogens (tertiary/aromatic N) is 5.